The van der Waals surface area contributed by atoms with E-state index in [0.29, 0.717) is 11.1 Å². The first-order valence-electron chi connectivity index (χ1n) is 22.7. The Morgan fingerprint density at radius 2 is 0.609 bits per heavy atom. The van der Waals surface area contributed by atoms with Crippen molar-refractivity contribution in [2.24, 2.45) is 0 Å². The molecular formula is C62H50N2O4Ti. The summed E-state index contributed by atoms with van der Waals surface area (Å²) < 4.78 is 0. The van der Waals surface area contributed by atoms with Gasteiger partial charge < -0.3 is 20.8 Å². The van der Waals surface area contributed by atoms with Gasteiger partial charge in [0.15, 0.2) is 11.6 Å². The number of hydrogen-bond acceptors (Lipinski definition) is 6. The minimum atomic E-state index is -1.39. The summed E-state index contributed by atoms with van der Waals surface area (Å²) in [6.07, 6.45) is 10.4. The second-order valence-corrected chi connectivity index (χ2v) is 16.7. The van der Waals surface area contributed by atoms with Gasteiger partial charge in [-0.2, -0.15) is 0 Å². The van der Waals surface area contributed by atoms with Crippen molar-refractivity contribution in [1.29, 1.82) is 0 Å². The van der Waals surface area contributed by atoms with Crippen molar-refractivity contribution in [2.75, 3.05) is 0 Å². The summed E-state index contributed by atoms with van der Waals surface area (Å²) in [4.78, 5) is 25.7. The predicted molar refractivity (Wildman–Crippen MR) is 273 cm³/mol. The maximum atomic E-state index is 12.8. The van der Waals surface area contributed by atoms with Gasteiger partial charge in [0.1, 0.15) is 11.2 Å². The third-order valence-electron chi connectivity index (χ3n) is 12.6. The Morgan fingerprint density at radius 1 is 0.348 bits per heavy atom. The SMILES string of the molecule is O=C1C=Cc2ccccc2/C1=C/N[C@H](c1ccccc1)C(O)(c1ccccc1)c1ccccc1.O=C1C=Cc2ccccc2/C1=C/N[C@H](c1ccccc1)C(O)(c1ccccc1)c1ccccc1.[Ti]. The summed E-state index contributed by atoms with van der Waals surface area (Å²) in [5.41, 5.74) is 6.94. The average molecular weight is 935 g/mol. The Labute approximate surface area is 418 Å². The number of benzene rings is 8. The molecule has 0 saturated heterocycles. The van der Waals surface area contributed by atoms with Crippen molar-refractivity contribution in [2.45, 2.75) is 23.3 Å². The summed E-state index contributed by atoms with van der Waals surface area (Å²) in [6, 6.07) is 72.8. The molecule has 2 aliphatic rings. The topological polar surface area (TPSA) is 98.7 Å². The molecule has 0 saturated carbocycles. The average Bonchev–Trinajstić information content (AvgIpc) is 3.41. The number of aliphatic hydroxyl groups is 2. The summed E-state index contributed by atoms with van der Waals surface area (Å²) >= 11 is 0. The minimum absolute atomic E-state index is 0. The first kappa shape index (κ1) is 47.8. The van der Waals surface area contributed by atoms with E-state index in [1.165, 1.54) is 0 Å². The van der Waals surface area contributed by atoms with Crippen LogP contribution in [0.5, 0.6) is 0 Å². The molecule has 69 heavy (non-hydrogen) atoms. The Balaban J connectivity index is 0.000000183. The van der Waals surface area contributed by atoms with Gasteiger partial charge in [-0.1, -0.05) is 243 Å². The maximum Gasteiger partial charge on any atom is 0.187 e. The Kier molecular flexibility index (Phi) is 15.2. The van der Waals surface area contributed by atoms with E-state index in [2.05, 4.69) is 10.6 Å². The molecule has 0 radical (unpaired) electrons. The molecule has 6 nitrogen and oxygen atoms in total. The molecule has 0 amide bonds. The van der Waals surface area contributed by atoms with Crippen LogP contribution in [0.1, 0.15) is 67.7 Å². The van der Waals surface area contributed by atoms with Crippen molar-refractivity contribution in [3.05, 3.63) is 311 Å². The molecule has 0 fully saturated rings. The van der Waals surface area contributed by atoms with Gasteiger partial charge in [-0.25, -0.2) is 0 Å². The summed E-state index contributed by atoms with van der Waals surface area (Å²) in [5.74, 6) is -0.137. The first-order valence-corrected chi connectivity index (χ1v) is 22.7. The smallest absolute Gasteiger partial charge is 0.187 e. The normalized spacial score (nSPS) is 14.9. The van der Waals surface area contributed by atoms with Crippen molar-refractivity contribution < 1.29 is 41.5 Å². The summed E-state index contributed by atoms with van der Waals surface area (Å²) in [5, 5.41) is 31.8. The van der Waals surface area contributed by atoms with Crippen molar-refractivity contribution in [1.82, 2.24) is 10.6 Å². The molecule has 7 heteroatoms. The molecule has 0 unspecified atom stereocenters. The van der Waals surface area contributed by atoms with Gasteiger partial charge in [-0.05, 0) is 67.8 Å². The molecule has 336 valence electrons. The fourth-order valence-corrected chi connectivity index (χ4v) is 9.16. The van der Waals surface area contributed by atoms with E-state index in [-0.39, 0.29) is 33.3 Å². The quantitative estimate of drug-likeness (QED) is 0.0720. The molecular weight excluding hydrogens is 885 g/mol. The number of rotatable bonds is 12. The van der Waals surface area contributed by atoms with E-state index in [0.717, 1.165) is 55.6 Å². The number of hydrogen-bond donors (Lipinski definition) is 4. The number of carbonyl (C=O) groups excluding carboxylic acids is 2. The second kappa shape index (κ2) is 21.9. The standard InChI is InChI=1S/2C31H25NO2.Ti/c2*33-29-21-20-23-12-10-11-19-27(23)28(29)22-32-30(24-13-4-1-5-14-24)31(34,25-15-6-2-7-16-25)26-17-8-3-9-18-26;/h2*1-22,30,32,34H;/b2*28-22-;/t2*30-;/m11./s1. The molecule has 8 aromatic carbocycles. The van der Waals surface area contributed by atoms with Crippen LogP contribution >= 0.6 is 0 Å². The van der Waals surface area contributed by atoms with E-state index in [9.17, 15) is 19.8 Å². The van der Waals surface area contributed by atoms with Crippen molar-refractivity contribution in [3.63, 3.8) is 0 Å². The number of fused-ring (bicyclic) bond motifs is 2. The van der Waals surface area contributed by atoms with Crippen LogP contribution in [0.4, 0.5) is 0 Å². The molecule has 10 rings (SSSR count). The number of ketones is 2. The van der Waals surface area contributed by atoms with Crippen LogP contribution in [-0.2, 0) is 42.5 Å². The van der Waals surface area contributed by atoms with Crippen LogP contribution in [0.2, 0.25) is 0 Å². The molecule has 2 atom stereocenters. The van der Waals surface area contributed by atoms with Gasteiger partial charge in [0, 0.05) is 45.3 Å². The van der Waals surface area contributed by atoms with E-state index in [1.807, 2.05) is 243 Å². The van der Waals surface area contributed by atoms with Crippen LogP contribution in [-0.4, -0.2) is 21.8 Å². The molecule has 0 bridgehead atoms. The van der Waals surface area contributed by atoms with E-state index >= 15 is 0 Å². The largest absolute Gasteiger partial charge is 0.380 e. The van der Waals surface area contributed by atoms with Crippen molar-refractivity contribution >= 4 is 34.9 Å². The van der Waals surface area contributed by atoms with Crippen LogP contribution in [0, 0.1) is 0 Å². The third-order valence-corrected chi connectivity index (χ3v) is 12.6. The van der Waals surface area contributed by atoms with Crippen LogP contribution in [0.25, 0.3) is 23.3 Å². The maximum absolute atomic E-state index is 12.8. The predicted octanol–water partition coefficient (Wildman–Crippen LogP) is 11.8. The van der Waals surface area contributed by atoms with Gasteiger partial charge in [-0.15, -0.1) is 0 Å². The Bertz CT molecular complexity index is 2830. The molecule has 8 aromatic rings. The molecule has 0 spiro atoms. The first-order chi connectivity index (χ1) is 33.4. The summed E-state index contributed by atoms with van der Waals surface area (Å²) in [7, 11) is 0. The zero-order chi connectivity index (χ0) is 46.8. The third kappa shape index (κ3) is 10.1. The van der Waals surface area contributed by atoms with Gasteiger partial charge in [-0.3, -0.25) is 9.59 Å². The molecule has 0 aromatic heterocycles. The Hall–Kier alpha value is -7.71. The molecule has 0 heterocycles. The van der Waals surface area contributed by atoms with E-state index < -0.39 is 23.3 Å². The van der Waals surface area contributed by atoms with E-state index in [4.69, 9.17) is 0 Å². The van der Waals surface area contributed by atoms with Crippen LogP contribution in [0.15, 0.2) is 255 Å². The van der Waals surface area contributed by atoms with E-state index in [1.54, 1.807) is 24.6 Å². The van der Waals surface area contributed by atoms with Crippen molar-refractivity contribution in [3.8, 4) is 0 Å². The monoisotopic (exact) mass is 934 g/mol. The summed E-state index contributed by atoms with van der Waals surface area (Å²) in [6.45, 7) is 0. The van der Waals surface area contributed by atoms with Gasteiger partial charge in [0.05, 0.1) is 12.1 Å². The van der Waals surface area contributed by atoms with Gasteiger partial charge in [0.25, 0.3) is 0 Å². The fourth-order valence-electron chi connectivity index (χ4n) is 9.16. The molecule has 4 N–H and O–H groups in total. The van der Waals surface area contributed by atoms with Gasteiger partial charge in [0.2, 0.25) is 0 Å². The second-order valence-electron chi connectivity index (χ2n) is 16.7. The number of allylic oxidation sites excluding steroid dienone is 4. The number of carbonyl (C=O) groups is 2. The molecule has 0 aliphatic heterocycles. The number of nitrogens with one attached hydrogen (secondary N) is 2. The van der Waals surface area contributed by atoms with Crippen LogP contribution < -0.4 is 10.6 Å². The van der Waals surface area contributed by atoms with Crippen LogP contribution in [0.3, 0.4) is 0 Å². The molecule has 2 aliphatic carbocycles. The minimum Gasteiger partial charge on any atom is -0.380 e. The Morgan fingerprint density at radius 3 is 0.913 bits per heavy atom. The van der Waals surface area contributed by atoms with Gasteiger partial charge >= 0.3 is 0 Å². The zero-order valence-electron chi connectivity index (χ0n) is 37.8. The zero-order valence-corrected chi connectivity index (χ0v) is 39.3. The fraction of sp³-hybridized carbons (Fsp3) is 0.0645.